The molecule has 1 aromatic carbocycles. The van der Waals surface area contributed by atoms with E-state index < -0.39 is 0 Å². The average molecular weight is 442 g/mol. The van der Waals surface area contributed by atoms with Crippen molar-refractivity contribution in [3.8, 4) is 11.4 Å². The summed E-state index contributed by atoms with van der Waals surface area (Å²) in [5, 5.41) is 5.96. The molecule has 3 aromatic rings. The summed E-state index contributed by atoms with van der Waals surface area (Å²) in [5.74, 6) is 1.27. The molecular formula is C22H27N5O3S. The molecule has 0 aliphatic carbocycles. The largest absolute Gasteiger partial charge is 0.340 e. The molecular weight excluding hydrogens is 414 g/mol. The highest BCUT2D eigenvalue weighted by Gasteiger charge is 2.27. The van der Waals surface area contributed by atoms with Gasteiger partial charge in [-0.3, -0.25) is 14.5 Å². The van der Waals surface area contributed by atoms with Crippen LogP contribution in [0.25, 0.3) is 11.4 Å². The van der Waals surface area contributed by atoms with Crippen molar-refractivity contribution in [3.05, 3.63) is 56.5 Å². The monoisotopic (exact) mass is 441 g/mol. The summed E-state index contributed by atoms with van der Waals surface area (Å²) in [7, 11) is 0. The fourth-order valence-electron chi connectivity index (χ4n) is 3.78. The van der Waals surface area contributed by atoms with Crippen molar-refractivity contribution in [2.45, 2.75) is 39.8 Å². The molecule has 1 aliphatic rings. The van der Waals surface area contributed by atoms with Gasteiger partial charge >= 0.3 is 4.87 Å². The second kappa shape index (κ2) is 9.15. The molecule has 1 saturated heterocycles. The Balaban J connectivity index is 1.30. The van der Waals surface area contributed by atoms with Gasteiger partial charge in [0.25, 0.3) is 0 Å². The molecule has 1 fully saturated rings. The summed E-state index contributed by atoms with van der Waals surface area (Å²) >= 11 is 1.18. The minimum absolute atomic E-state index is 0.00601. The number of rotatable bonds is 6. The Labute approximate surface area is 185 Å². The van der Waals surface area contributed by atoms with Gasteiger partial charge in [-0.25, -0.2) is 0 Å². The van der Waals surface area contributed by atoms with Crippen molar-refractivity contribution >= 4 is 17.2 Å². The summed E-state index contributed by atoms with van der Waals surface area (Å²) in [4.78, 5) is 33.1. The Morgan fingerprint density at radius 2 is 1.87 bits per heavy atom. The zero-order valence-corrected chi connectivity index (χ0v) is 18.9. The SMILES string of the molecule is Cc1ccc(-c2noc(C(C)N3CCN(C(=O)CCn4c(C)csc4=O)CC3)n2)cc1. The third kappa shape index (κ3) is 4.77. The number of hydrogen-bond acceptors (Lipinski definition) is 7. The molecule has 0 radical (unpaired) electrons. The van der Waals surface area contributed by atoms with Crippen LogP contribution in [0.5, 0.6) is 0 Å². The highest BCUT2D eigenvalue weighted by molar-refractivity contribution is 7.07. The van der Waals surface area contributed by atoms with Gasteiger partial charge in [0, 0.05) is 55.8 Å². The molecule has 1 amide bonds. The van der Waals surface area contributed by atoms with Crippen LogP contribution in [0, 0.1) is 13.8 Å². The lowest BCUT2D eigenvalue weighted by atomic mass is 10.1. The van der Waals surface area contributed by atoms with Crippen molar-refractivity contribution in [3.63, 3.8) is 0 Å². The van der Waals surface area contributed by atoms with Gasteiger partial charge in [-0.15, -0.1) is 0 Å². The van der Waals surface area contributed by atoms with Crippen LogP contribution in [0.4, 0.5) is 0 Å². The van der Waals surface area contributed by atoms with Crippen molar-refractivity contribution in [2.24, 2.45) is 0 Å². The molecule has 0 bridgehead atoms. The van der Waals surface area contributed by atoms with Crippen LogP contribution in [0.15, 0.2) is 39.0 Å². The van der Waals surface area contributed by atoms with Crippen molar-refractivity contribution in [2.75, 3.05) is 26.2 Å². The van der Waals surface area contributed by atoms with Crippen molar-refractivity contribution in [1.29, 1.82) is 0 Å². The number of carbonyl (C=O) groups is 1. The van der Waals surface area contributed by atoms with Gasteiger partial charge in [0.1, 0.15) is 0 Å². The molecule has 3 heterocycles. The smallest absolute Gasteiger partial charge is 0.307 e. The molecule has 1 unspecified atom stereocenters. The van der Waals surface area contributed by atoms with E-state index in [1.54, 1.807) is 4.57 Å². The van der Waals surface area contributed by atoms with Gasteiger partial charge in [0.05, 0.1) is 6.04 Å². The maximum atomic E-state index is 12.6. The Morgan fingerprint density at radius 3 is 2.52 bits per heavy atom. The van der Waals surface area contributed by atoms with Gasteiger partial charge in [-0.2, -0.15) is 4.98 Å². The zero-order chi connectivity index (χ0) is 22.0. The number of piperazine rings is 1. The van der Waals surface area contributed by atoms with E-state index in [1.807, 2.05) is 48.4 Å². The van der Waals surface area contributed by atoms with Crippen molar-refractivity contribution < 1.29 is 9.32 Å². The van der Waals surface area contributed by atoms with Crippen LogP contribution in [0.3, 0.4) is 0 Å². The standard InChI is InChI=1S/C22H27N5O3S/c1-15-4-6-18(7-5-15)20-23-21(30-24-20)17(3)25-10-12-26(13-11-25)19(28)8-9-27-16(2)14-31-22(27)29/h4-7,14,17H,8-13H2,1-3H3. The second-order valence-corrected chi connectivity index (χ2v) is 8.78. The van der Waals surface area contributed by atoms with Crippen LogP contribution in [0.1, 0.15) is 36.5 Å². The first kappa shape index (κ1) is 21.5. The summed E-state index contributed by atoms with van der Waals surface area (Å²) in [6, 6.07) is 8.02. The van der Waals surface area contributed by atoms with Gasteiger partial charge in [-0.1, -0.05) is 46.3 Å². The lowest BCUT2D eigenvalue weighted by Crippen LogP contribution is -2.49. The predicted molar refractivity (Wildman–Crippen MR) is 119 cm³/mol. The first-order valence-corrected chi connectivity index (χ1v) is 11.4. The first-order valence-electron chi connectivity index (χ1n) is 10.5. The van der Waals surface area contributed by atoms with E-state index in [2.05, 4.69) is 22.0 Å². The van der Waals surface area contributed by atoms with Gasteiger partial charge < -0.3 is 14.0 Å². The van der Waals surface area contributed by atoms with E-state index in [0.29, 0.717) is 37.8 Å². The van der Waals surface area contributed by atoms with Crippen LogP contribution < -0.4 is 4.87 Å². The van der Waals surface area contributed by atoms with Crippen molar-refractivity contribution in [1.82, 2.24) is 24.5 Å². The third-order valence-corrected chi connectivity index (χ3v) is 6.73. The summed E-state index contributed by atoms with van der Waals surface area (Å²) < 4.78 is 7.19. The molecule has 1 aliphatic heterocycles. The predicted octanol–water partition coefficient (Wildman–Crippen LogP) is 2.87. The van der Waals surface area contributed by atoms with E-state index in [9.17, 15) is 9.59 Å². The average Bonchev–Trinajstić information content (AvgIpc) is 3.39. The second-order valence-electron chi connectivity index (χ2n) is 7.96. The van der Waals surface area contributed by atoms with Gasteiger partial charge in [-0.05, 0) is 20.8 Å². The summed E-state index contributed by atoms with van der Waals surface area (Å²) in [6.07, 6.45) is 0.344. The zero-order valence-electron chi connectivity index (χ0n) is 18.1. The maximum absolute atomic E-state index is 12.6. The number of amides is 1. The molecule has 164 valence electrons. The van der Waals surface area contributed by atoms with E-state index in [0.717, 1.165) is 24.3 Å². The molecule has 0 N–H and O–H groups in total. The molecule has 2 aromatic heterocycles. The number of carbonyl (C=O) groups excluding carboxylic acids is 1. The fraction of sp³-hybridized carbons (Fsp3) is 0.455. The van der Waals surface area contributed by atoms with Crippen LogP contribution in [-0.4, -0.2) is 56.6 Å². The molecule has 4 rings (SSSR count). The maximum Gasteiger partial charge on any atom is 0.307 e. The minimum Gasteiger partial charge on any atom is -0.340 e. The lowest BCUT2D eigenvalue weighted by Gasteiger charge is -2.36. The van der Waals surface area contributed by atoms with E-state index >= 15 is 0 Å². The highest BCUT2D eigenvalue weighted by Crippen LogP contribution is 2.24. The minimum atomic E-state index is -0.0176. The third-order valence-electron chi connectivity index (χ3n) is 5.85. The van der Waals surface area contributed by atoms with Crippen LogP contribution in [0.2, 0.25) is 0 Å². The van der Waals surface area contributed by atoms with E-state index in [-0.39, 0.29) is 16.8 Å². The van der Waals surface area contributed by atoms with Crippen LogP contribution >= 0.6 is 11.3 Å². The van der Waals surface area contributed by atoms with E-state index in [4.69, 9.17) is 4.52 Å². The first-order chi connectivity index (χ1) is 14.9. The molecule has 1 atom stereocenters. The lowest BCUT2D eigenvalue weighted by molar-refractivity contribution is -0.133. The quantitative estimate of drug-likeness (QED) is 0.585. The Hall–Kier alpha value is -2.78. The summed E-state index contributed by atoms with van der Waals surface area (Å²) in [6.45, 7) is 9.22. The van der Waals surface area contributed by atoms with Crippen LogP contribution in [-0.2, 0) is 11.3 Å². The number of hydrogen-bond donors (Lipinski definition) is 0. The van der Waals surface area contributed by atoms with Gasteiger partial charge in [0.15, 0.2) is 0 Å². The molecule has 31 heavy (non-hydrogen) atoms. The molecule has 0 spiro atoms. The molecule has 9 heteroatoms. The number of benzene rings is 1. The topological polar surface area (TPSA) is 84.5 Å². The normalized spacial score (nSPS) is 15.9. The summed E-state index contributed by atoms with van der Waals surface area (Å²) in [5.41, 5.74) is 3.03. The number of nitrogens with zero attached hydrogens (tertiary/aromatic N) is 5. The Bertz CT molecular complexity index is 1090. The fourth-order valence-corrected chi connectivity index (χ4v) is 4.54. The number of thiazole rings is 1. The number of aromatic nitrogens is 3. The highest BCUT2D eigenvalue weighted by atomic mass is 32.1. The molecule has 0 saturated carbocycles. The van der Waals surface area contributed by atoms with E-state index in [1.165, 1.54) is 16.9 Å². The molecule has 8 nitrogen and oxygen atoms in total. The number of aryl methyl sites for hydroxylation is 2. The Kier molecular flexibility index (Phi) is 6.33. The van der Waals surface area contributed by atoms with Gasteiger partial charge in [0.2, 0.25) is 17.6 Å². The Morgan fingerprint density at radius 1 is 1.16 bits per heavy atom.